The molecule has 1 amide bonds. The average molecular weight is 303 g/mol. The third kappa shape index (κ3) is 2.74. The summed E-state index contributed by atoms with van der Waals surface area (Å²) in [6.45, 7) is 0.400. The summed E-state index contributed by atoms with van der Waals surface area (Å²) in [6.07, 6.45) is 0.00758. The number of hydrogen-bond acceptors (Lipinski definition) is 2. The van der Waals surface area contributed by atoms with Crippen LogP contribution in [0.2, 0.25) is 0 Å². The summed E-state index contributed by atoms with van der Waals surface area (Å²) in [6, 6.07) is 13.4. The standard InChI is InChI=1S/C16H14FNO2S/c17-13-6-2-1-5-12(13)11-16(19)18-9-10-21(20)15-8-4-3-7-14(15)18/h1-8H,9-11H2. The highest BCUT2D eigenvalue weighted by atomic mass is 32.2. The Hall–Kier alpha value is -2.01. The molecule has 1 heterocycles. The molecule has 0 aliphatic carbocycles. The minimum Gasteiger partial charge on any atom is -0.310 e. The van der Waals surface area contributed by atoms with Crippen molar-refractivity contribution in [3.63, 3.8) is 0 Å². The van der Waals surface area contributed by atoms with Gasteiger partial charge in [-0.15, -0.1) is 0 Å². The zero-order valence-electron chi connectivity index (χ0n) is 11.3. The molecule has 2 aromatic carbocycles. The first-order chi connectivity index (χ1) is 10.2. The van der Waals surface area contributed by atoms with Crippen LogP contribution < -0.4 is 4.90 Å². The van der Waals surface area contributed by atoms with Gasteiger partial charge in [-0.25, -0.2) is 4.39 Å². The summed E-state index contributed by atoms with van der Waals surface area (Å²) >= 11 is 0. The van der Waals surface area contributed by atoms with Crippen LogP contribution in [0.25, 0.3) is 0 Å². The van der Waals surface area contributed by atoms with Gasteiger partial charge >= 0.3 is 0 Å². The monoisotopic (exact) mass is 303 g/mol. The van der Waals surface area contributed by atoms with Gasteiger partial charge in [0.2, 0.25) is 5.91 Å². The third-order valence-corrected chi connectivity index (χ3v) is 4.89. The van der Waals surface area contributed by atoms with E-state index in [0.29, 0.717) is 28.4 Å². The predicted octanol–water partition coefficient (Wildman–Crippen LogP) is 2.52. The van der Waals surface area contributed by atoms with Gasteiger partial charge in [0.05, 0.1) is 27.8 Å². The predicted molar refractivity (Wildman–Crippen MR) is 80.2 cm³/mol. The molecule has 0 saturated heterocycles. The normalized spacial score (nSPS) is 17.4. The zero-order valence-corrected chi connectivity index (χ0v) is 12.1. The molecular formula is C16H14FNO2S. The van der Waals surface area contributed by atoms with Gasteiger partial charge < -0.3 is 4.90 Å². The fourth-order valence-electron chi connectivity index (χ4n) is 2.44. The average Bonchev–Trinajstić information content (AvgIpc) is 2.50. The second kappa shape index (κ2) is 5.77. The van der Waals surface area contributed by atoms with E-state index < -0.39 is 10.8 Å². The van der Waals surface area contributed by atoms with Crippen LogP contribution in [0.5, 0.6) is 0 Å². The molecular weight excluding hydrogens is 289 g/mol. The lowest BCUT2D eigenvalue weighted by molar-refractivity contribution is -0.118. The highest BCUT2D eigenvalue weighted by Crippen LogP contribution is 2.28. The number of para-hydroxylation sites is 1. The largest absolute Gasteiger partial charge is 0.310 e. The van der Waals surface area contributed by atoms with Gasteiger partial charge in [-0.05, 0) is 23.8 Å². The van der Waals surface area contributed by atoms with Crippen molar-refractivity contribution < 1.29 is 13.4 Å². The maximum absolute atomic E-state index is 13.7. The van der Waals surface area contributed by atoms with Crippen LogP contribution in [0.1, 0.15) is 5.56 Å². The van der Waals surface area contributed by atoms with Crippen LogP contribution in [-0.4, -0.2) is 22.4 Å². The van der Waals surface area contributed by atoms with E-state index in [9.17, 15) is 13.4 Å². The van der Waals surface area contributed by atoms with Crippen molar-refractivity contribution in [2.45, 2.75) is 11.3 Å². The molecule has 0 bridgehead atoms. The van der Waals surface area contributed by atoms with Crippen molar-refractivity contribution in [1.82, 2.24) is 0 Å². The molecule has 1 atom stereocenters. The van der Waals surface area contributed by atoms with Gasteiger partial charge in [-0.2, -0.15) is 0 Å². The molecule has 0 N–H and O–H groups in total. The number of halogens is 1. The van der Waals surface area contributed by atoms with E-state index in [2.05, 4.69) is 0 Å². The van der Waals surface area contributed by atoms with E-state index in [4.69, 9.17) is 0 Å². The molecule has 1 aliphatic heterocycles. The Morgan fingerprint density at radius 1 is 1.14 bits per heavy atom. The van der Waals surface area contributed by atoms with Gasteiger partial charge in [0, 0.05) is 12.3 Å². The van der Waals surface area contributed by atoms with Crippen LogP contribution >= 0.6 is 0 Å². The van der Waals surface area contributed by atoms with Crippen molar-refractivity contribution in [1.29, 1.82) is 0 Å². The zero-order chi connectivity index (χ0) is 14.8. The van der Waals surface area contributed by atoms with Gasteiger partial charge in [-0.1, -0.05) is 30.3 Å². The van der Waals surface area contributed by atoms with E-state index in [1.165, 1.54) is 6.07 Å². The van der Waals surface area contributed by atoms with Gasteiger partial charge in [0.1, 0.15) is 5.82 Å². The minimum absolute atomic E-state index is 0.00758. The van der Waals surface area contributed by atoms with Crippen molar-refractivity contribution >= 4 is 22.4 Å². The van der Waals surface area contributed by atoms with E-state index in [-0.39, 0.29) is 18.1 Å². The fourth-order valence-corrected chi connectivity index (χ4v) is 3.65. The molecule has 1 unspecified atom stereocenters. The van der Waals surface area contributed by atoms with Crippen molar-refractivity contribution in [2.24, 2.45) is 0 Å². The summed E-state index contributed by atoms with van der Waals surface area (Å²) in [5, 5.41) is 0. The van der Waals surface area contributed by atoms with Gasteiger partial charge in [0.15, 0.2) is 0 Å². The Morgan fingerprint density at radius 3 is 2.67 bits per heavy atom. The summed E-state index contributed by atoms with van der Waals surface area (Å²) in [4.78, 5) is 14.7. The Labute approximate surface area is 124 Å². The van der Waals surface area contributed by atoms with Crippen molar-refractivity contribution in [3.05, 3.63) is 59.9 Å². The first-order valence-electron chi connectivity index (χ1n) is 6.68. The molecule has 5 heteroatoms. The Balaban J connectivity index is 1.88. The highest BCUT2D eigenvalue weighted by Gasteiger charge is 2.26. The minimum atomic E-state index is -1.07. The van der Waals surface area contributed by atoms with E-state index in [1.807, 2.05) is 12.1 Å². The maximum atomic E-state index is 13.7. The number of carbonyl (C=O) groups excluding carboxylic acids is 1. The molecule has 0 spiro atoms. The number of benzene rings is 2. The topological polar surface area (TPSA) is 37.4 Å². The highest BCUT2D eigenvalue weighted by molar-refractivity contribution is 7.85. The Kier molecular flexibility index (Phi) is 3.84. The number of carbonyl (C=O) groups is 1. The first kappa shape index (κ1) is 13.9. The third-order valence-electron chi connectivity index (χ3n) is 3.50. The Bertz CT molecular complexity index is 717. The van der Waals surface area contributed by atoms with Crippen LogP contribution in [-0.2, 0) is 22.0 Å². The lowest BCUT2D eigenvalue weighted by Gasteiger charge is -2.29. The molecule has 0 fully saturated rings. The van der Waals surface area contributed by atoms with Gasteiger partial charge in [0.25, 0.3) is 0 Å². The van der Waals surface area contributed by atoms with Crippen LogP contribution in [0.15, 0.2) is 53.4 Å². The fraction of sp³-hybridized carbons (Fsp3) is 0.188. The summed E-state index contributed by atoms with van der Waals surface area (Å²) in [5.41, 5.74) is 1.05. The lowest BCUT2D eigenvalue weighted by Crippen LogP contribution is -2.39. The molecule has 2 aromatic rings. The van der Waals surface area contributed by atoms with E-state index in [0.717, 1.165) is 0 Å². The molecule has 0 radical (unpaired) electrons. The molecule has 108 valence electrons. The van der Waals surface area contributed by atoms with E-state index in [1.54, 1.807) is 35.2 Å². The maximum Gasteiger partial charge on any atom is 0.231 e. The lowest BCUT2D eigenvalue weighted by atomic mass is 10.1. The van der Waals surface area contributed by atoms with Crippen LogP contribution in [0.3, 0.4) is 0 Å². The smallest absolute Gasteiger partial charge is 0.231 e. The molecule has 21 heavy (non-hydrogen) atoms. The van der Waals surface area contributed by atoms with Crippen LogP contribution in [0, 0.1) is 5.82 Å². The number of fused-ring (bicyclic) bond motifs is 1. The van der Waals surface area contributed by atoms with Crippen LogP contribution in [0.4, 0.5) is 10.1 Å². The Morgan fingerprint density at radius 2 is 1.86 bits per heavy atom. The second-order valence-electron chi connectivity index (χ2n) is 4.83. The van der Waals surface area contributed by atoms with Crippen molar-refractivity contribution in [2.75, 3.05) is 17.2 Å². The summed E-state index contributed by atoms with van der Waals surface area (Å²) < 4.78 is 25.6. The molecule has 3 rings (SSSR count). The number of rotatable bonds is 2. The molecule has 0 aromatic heterocycles. The number of anilines is 1. The quantitative estimate of drug-likeness (QED) is 0.855. The van der Waals surface area contributed by atoms with E-state index >= 15 is 0 Å². The summed E-state index contributed by atoms with van der Waals surface area (Å²) in [7, 11) is -1.07. The molecule has 0 saturated carbocycles. The summed E-state index contributed by atoms with van der Waals surface area (Å²) in [5.74, 6) is -0.135. The SMILES string of the molecule is O=C(Cc1ccccc1F)N1CCS(=O)c2ccccc21. The molecule has 3 nitrogen and oxygen atoms in total. The number of nitrogens with zero attached hydrogens (tertiary/aromatic N) is 1. The number of amides is 1. The van der Waals surface area contributed by atoms with Gasteiger partial charge in [-0.3, -0.25) is 9.00 Å². The molecule has 1 aliphatic rings. The first-order valence-corrected chi connectivity index (χ1v) is 8.00. The number of hydrogen-bond donors (Lipinski definition) is 0. The van der Waals surface area contributed by atoms with Crippen molar-refractivity contribution in [3.8, 4) is 0 Å². The second-order valence-corrected chi connectivity index (χ2v) is 6.37.